The Morgan fingerprint density at radius 1 is 1.05 bits per heavy atom. The van der Waals surface area contributed by atoms with Crippen LogP contribution in [0.1, 0.15) is 94.3 Å². The van der Waals surface area contributed by atoms with Gasteiger partial charge in [0.2, 0.25) is 0 Å². The first-order valence-electron chi connectivity index (χ1n) is 14.5. The fourth-order valence-corrected chi connectivity index (χ4v) is 6.92. The van der Waals surface area contributed by atoms with Gasteiger partial charge in [-0.3, -0.25) is 4.79 Å². The fourth-order valence-electron chi connectivity index (χ4n) is 6.92. The SMILES string of the molecule is O=C(O)[C@@H]1CCC[C@H](OCC23CCC(OCc4c(-c5ccccc5OC(F)(F)F)noc4C4CC4)(CC2)CC3)C1. The molecule has 1 heterocycles. The van der Waals surface area contributed by atoms with Crippen molar-refractivity contribution in [2.45, 2.75) is 108 Å². The van der Waals surface area contributed by atoms with Crippen LogP contribution in [0.25, 0.3) is 11.3 Å². The van der Waals surface area contributed by atoms with Crippen LogP contribution in [0.2, 0.25) is 0 Å². The largest absolute Gasteiger partial charge is 0.573 e. The average molecular weight is 564 g/mol. The summed E-state index contributed by atoms with van der Waals surface area (Å²) in [4.78, 5) is 11.4. The summed E-state index contributed by atoms with van der Waals surface area (Å²) in [5.41, 5.74) is 1.13. The first-order valence-corrected chi connectivity index (χ1v) is 14.5. The Balaban J connectivity index is 1.11. The van der Waals surface area contributed by atoms with E-state index < -0.39 is 12.3 Å². The van der Waals surface area contributed by atoms with Crippen molar-refractivity contribution >= 4 is 5.97 Å². The number of benzene rings is 1. The van der Waals surface area contributed by atoms with E-state index in [0.717, 1.165) is 70.6 Å². The molecule has 0 aliphatic heterocycles. The minimum atomic E-state index is -4.82. The number of carbonyl (C=O) groups is 1. The van der Waals surface area contributed by atoms with Crippen LogP contribution in [0.15, 0.2) is 28.8 Å². The quantitative estimate of drug-likeness (QED) is 0.322. The standard InChI is InChI=1S/C30H36F3NO6/c31-30(32,33)39-24-7-2-1-6-22(24)25-23(26(40-34-25)19-8-9-19)17-38-29-13-10-28(11-14-29,12-15-29)18-37-21-5-3-4-20(16-21)27(35)36/h1-2,6-7,19-21H,3-5,8-18H2,(H,35,36)/t20-,21+,28?,29?/m1/s1. The monoisotopic (exact) mass is 563 g/mol. The summed E-state index contributed by atoms with van der Waals surface area (Å²) in [6, 6.07) is 6.02. The maximum atomic E-state index is 13.1. The Hall–Kier alpha value is -2.59. The maximum absolute atomic E-state index is 13.1. The lowest BCUT2D eigenvalue weighted by Gasteiger charge is -2.53. The predicted molar refractivity (Wildman–Crippen MR) is 138 cm³/mol. The molecule has 1 aromatic heterocycles. The van der Waals surface area contributed by atoms with Crippen molar-refractivity contribution in [1.82, 2.24) is 5.16 Å². The number of halogens is 3. The van der Waals surface area contributed by atoms with Gasteiger partial charge in [-0.05, 0) is 88.2 Å². The molecule has 1 aromatic carbocycles. The number of fused-ring (bicyclic) bond motifs is 3. The highest BCUT2D eigenvalue weighted by Crippen LogP contribution is 2.55. The molecule has 7 rings (SSSR count). The van der Waals surface area contributed by atoms with Crippen LogP contribution in [0, 0.1) is 11.3 Å². The van der Waals surface area contributed by atoms with Crippen molar-refractivity contribution in [3.63, 3.8) is 0 Å². The molecule has 2 bridgehead atoms. The van der Waals surface area contributed by atoms with E-state index in [9.17, 15) is 23.1 Å². The molecular weight excluding hydrogens is 527 g/mol. The summed E-state index contributed by atoms with van der Waals surface area (Å²) in [5, 5.41) is 13.6. The van der Waals surface area contributed by atoms with Crippen molar-refractivity contribution in [3.05, 3.63) is 35.6 Å². The summed E-state index contributed by atoms with van der Waals surface area (Å²) < 4.78 is 62.2. The van der Waals surface area contributed by atoms with E-state index in [-0.39, 0.29) is 46.9 Å². The van der Waals surface area contributed by atoms with Gasteiger partial charge < -0.3 is 23.8 Å². The topological polar surface area (TPSA) is 91.0 Å². The molecule has 0 saturated heterocycles. The van der Waals surface area contributed by atoms with Crippen LogP contribution >= 0.6 is 0 Å². The summed E-state index contributed by atoms with van der Waals surface area (Å²) in [7, 11) is 0. The van der Waals surface area contributed by atoms with E-state index in [2.05, 4.69) is 9.89 Å². The average Bonchev–Trinajstić information content (AvgIpc) is 3.71. The van der Waals surface area contributed by atoms with E-state index in [1.165, 1.54) is 12.1 Å². The number of carboxylic acids is 1. The van der Waals surface area contributed by atoms with Gasteiger partial charge in [0.05, 0.1) is 30.8 Å². The fraction of sp³-hybridized carbons (Fsp3) is 0.667. The van der Waals surface area contributed by atoms with Gasteiger partial charge in [0.1, 0.15) is 17.2 Å². The van der Waals surface area contributed by atoms with Crippen LogP contribution in [-0.4, -0.2) is 40.9 Å². The Kier molecular flexibility index (Phi) is 7.36. The number of hydrogen-bond acceptors (Lipinski definition) is 6. The lowest BCUT2D eigenvalue weighted by molar-refractivity contribution is -0.274. The first kappa shape index (κ1) is 27.6. The molecule has 218 valence electrons. The highest BCUT2D eigenvalue weighted by Gasteiger charge is 2.50. The van der Waals surface area contributed by atoms with Gasteiger partial charge in [-0.25, -0.2) is 0 Å². The first-order chi connectivity index (χ1) is 19.1. The van der Waals surface area contributed by atoms with Crippen molar-refractivity contribution in [2.24, 2.45) is 11.3 Å². The molecule has 10 heteroatoms. The number of ether oxygens (including phenoxy) is 3. The van der Waals surface area contributed by atoms with Gasteiger partial charge in [-0.15, -0.1) is 13.2 Å². The summed E-state index contributed by atoms with van der Waals surface area (Å²) in [6.45, 7) is 0.894. The minimum Gasteiger partial charge on any atom is -0.481 e. The van der Waals surface area contributed by atoms with Gasteiger partial charge in [0, 0.05) is 17.0 Å². The number of nitrogens with zero attached hydrogens (tertiary/aromatic N) is 1. The molecule has 5 aliphatic rings. The molecule has 40 heavy (non-hydrogen) atoms. The highest BCUT2D eigenvalue weighted by molar-refractivity contribution is 5.71. The maximum Gasteiger partial charge on any atom is 0.573 e. The van der Waals surface area contributed by atoms with E-state index in [4.69, 9.17) is 14.0 Å². The molecule has 2 aromatic rings. The van der Waals surface area contributed by atoms with E-state index >= 15 is 0 Å². The Bertz CT molecular complexity index is 1200. The third-order valence-electron chi connectivity index (χ3n) is 9.59. The second-order valence-electron chi connectivity index (χ2n) is 12.3. The molecule has 0 spiro atoms. The molecule has 0 amide bonds. The molecule has 0 unspecified atom stereocenters. The molecule has 5 fully saturated rings. The summed E-state index contributed by atoms with van der Waals surface area (Å²) in [6.07, 6.45) is 5.91. The highest BCUT2D eigenvalue weighted by atomic mass is 19.4. The van der Waals surface area contributed by atoms with Crippen molar-refractivity contribution < 1.29 is 41.8 Å². The Morgan fingerprint density at radius 3 is 2.45 bits per heavy atom. The van der Waals surface area contributed by atoms with Crippen molar-refractivity contribution in [3.8, 4) is 17.0 Å². The lowest BCUT2D eigenvalue weighted by Crippen LogP contribution is -2.49. The van der Waals surface area contributed by atoms with E-state index in [1.54, 1.807) is 12.1 Å². The van der Waals surface area contributed by atoms with Crippen LogP contribution in [0.3, 0.4) is 0 Å². The van der Waals surface area contributed by atoms with E-state index in [0.29, 0.717) is 30.0 Å². The van der Waals surface area contributed by atoms with Gasteiger partial charge in [0.25, 0.3) is 0 Å². The second-order valence-corrected chi connectivity index (χ2v) is 12.3. The third-order valence-corrected chi connectivity index (χ3v) is 9.59. The number of para-hydroxylation sites is 1. The smallest absolute Gasteiger partial charge is 0.481 e. The van der Waals surface area contributed by atoms with Crippen LogP contribution in [0.4, 0.5) is 13.2 Å². The molecule has 2 atom stereocenters. The third kappa shape index (κ3) is 5.88. The predicted octanol–water partition coefficient (Wildman–Crippen LogP) is 7.39. The summed E-state index contributed by atoms with van der Waals surface area (Å²) >= 11 is 0. The lowest BCUT2D eigenvalue weighted by atomic mass is 9.59. The number of alkyl halides is 3. The zero-order valence-corrected chi connectivity index (χ0v) is 22.5. The molecule has 7 nitrogen and oxygen atoms in total. The number of carboxylic acid groups (broad SMARTS) is 1. The van der Waals surface area contributed by atoms with Gasteiger partial charge >= 0.3 is 12.3 Å². The number of rotatable bonds is 10. The number of hydrogen-bond donors (Lipinski definition) is 1. The van der Waals surface area contributed by atoms with Crippen LogP contribution in [0.5, 0.6) is 5.75 Å². The Labute approximate surface area is 231 Å². The van der Waals surface area contributed by atoms with Crippen LogP contribution in [-0.2, 0) is 20.9 Å². The molecular formula is C30H36F3NO6. The zero-order chi connectivity index (χ0) is 28.0. The Morgan fingerprint density at radius 2 is 1.77 bits per heavy atom. The van der Waals surface area contributed by atoms with E-state index in [1.807, 2.05) is 0 Å². The van der Waals surface area contributed by atoms with Gasteiger partial charge in [-0.1, -0.05) is 23.7 Å². The molecule has 5 aliphatic carbocycles. The minimum absolute atomic E-state index is 0.0196. The zero-order valence-electron chi connectivity index (χ0n) is 22.5. The molecule has 0 radical (unpaired) electrons. The summed E-state index contributed by atoms with van der Waals surface area (Å²) in [5.74, 6) is -0.408. The van der Waals surface area contributed by atoms with Crippen molar-refractivity contribution in [2.75, 3.05) is 6.61 Å². The van der Waals surface area contributed by atoms with Gasteiger partial charge in [-0.2, -0.15) is 0 Å². The number of aromatic nitrogens is 1. The number of aliphatic carboxylic acids is 1. The van der Waals surface area contributed by atoms with Gasteiger partial charge in [0.15, 0.2) is 0 Å². The van der Waals surface area contributed by atoms with Crippen LogP contribution < -0.4 is 4.74 Å². The molecule has 1 N–H and O–H groups in total. The molecule has 5 saturated carbocycles. The van der Waals surface area contributed by atoms with Crippen molar-refractivity contribution in [1.29, 1.82) is 0 Å². The normalized spacial score (nSPS) is 30.4. The second kappa shape index (κ2) is 10.7.